The van der Waals surface area contributed by atoms with Crippen molar-refractivity contribution >= 4 is 5.91 Å². The molecule has 1 saturated heterocycles. The van der Waals surface area contributed by atoms with Gasteiger partial charge in [0.2, 0.25) is 0 Å². The minimum Gasteiger partial charge on any atom is -0.491 e. The van der Waals surface area contributed by atoms with Gasteiger partial charge in [0.15, 0.2) is 0 Å². The van der Waals surface area contributed by atoms with Gasteiger partial charge in [0.1, 0.15) is 18.1 Å². The number of amides is 1. The summed E-state index contributed by atoms with van der Waals surface area (Å²) >= 11 is 0. The first-order valence-corrected chi connectivity index (χ1v) is 8.76. The van der Waals surface area contributed by atoms with E-state index in [-0.39, 0.29) is 24.3 Å². The molecule has 0 radical (unpaired) electrons. The van der Waals surface area contributed by atoms with E-state index in [0.29, 0.717) is 17.9 Å². The predicted molar refractivity (Wildman–Crippen MR) is 95.2 cm³/mol. The van der Waals surface area contributed by atoms with Gasteiger partial charge >= 0.3 is 6.61 Å². The third-order valence-corrected chi connectivity index (χ3v) is 4.16. The molecule has 1 unspecified atom stereocenters. The van der Waals surface area contributed by atoms with Crippen molar-refractivity contribution < 1.29 is 27.8 Å². The molecule has 0 spiro atoms. The van der Waals surface area contributed by atoms with Gasteiger partial charge in [-0.3, -0.25) is 4.79 Å². The largest absolute Gasteiger partial charge is 0.491 e. The van der Waals surface area contributed by atoms with E-state index >= 15 is 0 Å². The number of ether oxygens (including phenoxy) is 3. The number of hydrogen-bond donors (Lipinski definition) is 1. The highest BCUT2D eigenvalue weighted by molar-refractivity contribution is 5.94. The lowest BCUT2D eigenvalue weighted by atomic mass is 10.2. The van der Waals surface area contributed by atoms with Gasteiger partial charge in [-0.05, 0) is 48.7 Å². The van der Waals surface area contributed by atoms with Crippen LogP contribution in [-0.4, -0.2) is 31.8 Å². The molecule has 3 rings (SSSR count). The highest BCUT2D eigenvalue weighted by atomic mass is 19.3. The summed E-state index contributed by atoms with van der Waals surface area (Å²) in [5.74, 6) is 0.452. The zero-order valence-corrected chi connectivity index (χ0v) is 14.7. The topological polar surface area (TPSA) is 56.8 Å². The van der Waals surface area contributed by atoms with Crippen molar-refractivity contribution in [3.63, 3.8) is 0 Å². The smallest absolute Gasteiger partial charge is 0.387 e. The quantitative estimate of drug-likeness (QED) is 0.761. The van der Waals surface area contributed by atoms with Crippen molar-refractivity contribution in [3.8, 4) is 11.5 Å². The molecule has 1 fully saturated rings. The van der Waals surface area contributed by atoms with Crippen LogP contribution in [0.2, 0.25) is 0 Å². The number of rotatable bonds is 8. The van der Waals surface area contributed by atoms with Crippen molar-refractivity contribution in [2.75, 3.05) is 13.2 Å². The van der Waals surface area contributed by atoms with Gasteiger partial charge in [0.05, 0.1) is 6.10 Å². The lowest BCUT2D eigenvalue weighted by Gasteiger charge is -2.12. The first-order chi connectivity index (χ1) is 13.1. The van der Waals surface area contributed by atoms with E-state index in [1.54, 1.807) is 36.4 Å². The van der Waals surface area contributed by atoms with Crippen molar-refractivity contribution in [2.45, 2.75) is 32.1 Å². The highest BCUT2D eigenvalue weighted by Gasteiger charge is 2.16. The third kappa shape index (κ3) is 5.92. The molecule has 1 atom stereocenters. The summed E-state index contributed by atoms with van der Waals surface area (Å²) in [7, 11) is 0. The molecule has 1 amide bonds. The number of alkyl halides is 2. The summed E-state index contributed by atoms with van der Waals surface area (Å²) in [6.45, 7) is -1.34. The molecule has 144 valence electrons. The molecule has 1 aliphatic heterocycles. The zero-order chi connectivity index (χ0) is 19.1. The van der Waals surface area contributed by atoms with E-state index in [0.717, 1.165) is 25.0 Å². The Bertz CT molecular complexity index is 746. The van der Waals surface area contributed by atoms with Crippen molar-refractivity contribution in [1.29, 1.82) is 0 Å². The van der Waals surface area contributed by atoms with Crippen molar-refractivity contribution in [1.82, 2.24) is 5.32 Å². The average Bonchev–Trinajstić information content (AvgIpc) is 3.19. The van der Waals surface area contributed by atoms with Crippen molar-refractivity contribution in [3.05, 3.63) is 59.7 Å². The molecule has 5 nitrogen and oxygen atoms in total. The van der Waals surface area contributed by atoms with Crippen molar-refractivity contribution in [2.24, 2.45) is 0 Å². The molecular weight excluding hydrogens is 356 g/mol. The Morgan fingerprint density at radius 2 is 2.00 bits per heavy atom. The highest BCUT2D eigenvalue weighted by Crippen LogP contribution is 2.18. The molecule has 0 aliphatic carbocycles. The molecule has 1 heterocycles. The van der Waals surface area contributed by atoms with Gasteiger partial charge in [0, 0.05) is 18.7 Å². The minimum atomic E-state index is -2.86. The van der Waals surface area contributed by atoms with Crippen LogP contribution in [0.25, 0.3) is 0 Å². The monoisotopic (exact) mass is 377 g/mol. The van der Waals surface area contributed by atoms with E-state index in [1.165, 1.54) is 12.1 Å². The SMILES string of the molecule is O=C(NCc1ccc(OC(F)F)cc1)c1cccc(OCC2CCCO2)c1. The molecular formula is C20H21F2NO4. The summed E-state index contributed by atoms with van der Waals surface area (Å²) in [5, 5.41) is 2.79. The van der Waals surface area contributed by atoms with Crippen LogP contribution in [0.15, 0.2) is 48.5 Å². The summed E-state index contributed by atoms with van der Waals surface area (Å²) in [6.07, 6.45) is 2.15. The van der Waals surface area contributed by atoms with E-state index in [1.807, 2.05) is 0 Å². The third-order valence-electron chi connectivity index (χ3n) is 4.16. The Morgan fingerprint density at radius 1 is 1.19 bits per heavy atom. The Balaban J connectivity index is 1.50. The number of hydrogen-bond acceptors (Lipinski definition) is 4. The zero-order valence-electron chi connectivity index (χ0n) is 14.7. The second-order valence-electron chi connectivity index (χ2n) is 6.18. The predicted octanol–water partition coefficient (Wildman–Crippen LogP) is 3.78. The molecule has 0 aromatic heterocycles. The molecule has 1 N–H and O–H groups in total. The molecule has 2 aromatic rings. The fourth-order valence-electron chi connectivity index (χ4n) is 2.77. The number of halogens is 2. The maximum absolute atomic E-state index is 12.3. The summed E-state index contributed by atoms with van der Waals surface area (Å²) in [4.78, 5) is 12.3. The van der Waals surface area contributed by atoms with E-state index < -0.39 is 6.61 Å². The second-order valence-corrected chi connectivity index (χ2v) is 6.18. The van der Waals surface area contributed by atoms with Crippen LogP contribution >= 0.6 is 0 Å². The van der Waals surface area contributed by atoms with Gasteiger partial charge in [-0.1, -0.05) is 18.2 Å². The molecule has 2 aromatic carbocycles. The Kier molecular flexibility index (Phi) is 6.59. The molecule has 0 bridgehead atoms. The fraction of sp³-hybridized carbons (Fsp3) is 0.350. The maximum atomic E-state index is 12.3. The van der Waals surface area contributed by atoms with Crippen LogP contribution in [0, 0.1) is 0 Å². The maximum Gasteiger partial charge on any atom is 0.387 e. The van der Waals surface area contributed by atoms with Crippen LogP contribution in [0.5, 0.6) is 11.5 Å². The number of carbonyl (C=O) groups excluding carboxylic acids is 1. The number of nitrogens with one attached hydrogen (secondary N) is 1. The molecule has 0 saturated carbocycles. The van der Waals surface area contributed by atoms with E-state index in [4.69, 9.17) is 9.47 Å². The average molecular weight is 377 g/mol. The lowest BCUT2D eigenvalue weighted by molar-refractivity contribution is -0.0498. The van der Waals surface area contributed by atoms with Crippen LogP contribution in [-0.2, 0) is 11.3 Å². The standard InChI is InChI=1S/C20H21F2NO4/c21-20(22)27-16-8-6-14(7-9-16)12-23-19(24)15-3-1-4-17(11-15)26-13-18-5-2-10-25-18/h1,3-4,6-9,11,18,20H,2,5,10,12-13H2,(H,23,24). The number of benzene rings is 2. The van der Waals surface area contributed by atoms with E-state index in [2.05, 4.69) is 10.1 Å². The van der Waals surface area contributed by atoms with Gasteiger partial charge in [-0.2, -0.15) is 8.78 Å². The van der Waals surface area contributed by atoms with Crippen LogP contribution < -0.4 is 14.8 Å². The van der Waals surface area contributed by atoms with Gasteiger partial charge < -0.3 is 19.5 Å². The molecule has 27 heavy (non-hydrogen) atoms. The Morgan fingerprint density at radius 3 is 2.70 bits per heavy atom. The normalized spacial score (nSPS) is 16.3. The molecule has 7 heteroatoms. The van der Waals surface area contributed by atoms with Gasteiger partial charge in [-0.25, -0.2) is 0 Å². The summed E-state index contributed by atoms with van der Waals surface area (Å²) < 4.78 is 39.8. The van der Waals surface area contributed by atoms with Crippen LogP contribution in [0.4, 0.5) is 8.78 Å². The van der Waals surface area contributed by atoms with E-state index in [9.17, 15) is 13.6 Å². The van der Waals surface area contributed by atoms with Gasteiger partial charge in [-0.15, -0.1) is 0 Å². The first-order valence-electron chi connectivity index (χ1n) is 8.76. The Labute approximate surface area is 156 Å². The number of carbonyl (C=O) groups is 1. The summed E-state index contributed by atoms with van der Waals surface area (Å²) in [5.41, 5.74) is 1.26. The first kappa shape index (κ1) is 19.1. The van der Waals surface area contributed by atoms with Crippen LogP contribution in [0.3, 0.4) is 0 Å². The Hall–Kier alpha value is -2.67. The lowest BCUT2D eigenvalue weighted by Crippen LogP contribution is -2.23. The molecule has 1 aliphatic rings. The van der Waals surface area contributed by atoms with Crippen LogP contribution in [0.1, 0.15) is 28.8 Å². The second kappa shape index (κ2) is 9.32. The summed E-state index contributed by atoms with van der Waals surface area (Å²) in [6, 6.07) is 13.1. The fourth-order valence-corrected chi connectivity index (χ4v) is 2.77. The van der Waals surface area contributed by atoms with Gasteiger partial charge in [0.25, 0.3) is 5.91 Å². The minimum absolute atomic E-state index is 0.0798.